The molecule has 2 aromatic rings. The molecule has 1 amide bonds. The van der Waals surface area contributed by atoms with Crippen LogP contribution in [0.2, 0.25) is 5.02 Å². The third kappa shape index (κ3) is 5.83. The Morgan fingerprint density at radius 1 is 1.07 bits per heavy atom. The van der Waals surface area contributed by atoms with E-state index >= 15 is 0 Å². The Morgan fingerprint density at radius 2 is 1.71 bits per heavy atom. The number of halogens is 1. The molecule has 1 N–H and O–H groups in total. The third-order valence-electron chi connectivity index (χ3n) is 5.73. The van der Waals surface area contributed by atoms with Crippen LogP contribution in [-0.4, -0.2) is 30.4 Å². The average molecular weight is 399 g/mol. The van der Waals surface area contributed by atoms with Gasteiger partial charge in [-0.1, -0.05) is 67.9 Å². The SMILES string of the molecule is CC(C)[C@@H](NC(=O)CCN1CCC(c2ccccc2)CC1)c1ccc(Cl)cc1. The average Bonchev–Trinajstić information content (AvgIpc) is 2.72. The van der Waals surface area contributed by atoms with Crippen LogP contribution in [0, 0.1) is 5.92 Å². The number of hydrogen-bond acceptors (Lipinski definition) is 2. The maximum absolute atomic E-state index is 12.6. The molecule has 1 saturated heterocycles. The molecular formula is C24H31ClN2O. The van der Waals surface area contributed by atoms with Crippen molar-refractivity contribution in [2.45, 2.75) is 45.1 Å². The molecule has 0 spiro atoms. The van der Waals surface area contributed by atoms with Gasteiger partial charge in [-0.2, -0.15) is 0 Å². The van der Waals surface area contributed by atoms with Crippen LogP contribution in [-0.2, 0) is 4.79 Å². The van der Waals surface area contributed by atoms with Crippen LogP contribution in [0.15, 0.2) is 54.6 Å². The second-order valence-corrected chi connectivity index (χ2v) is 8.55. The molecule has 2 aromatic carbocycles. The zero-order valence-electron chi connectivity index (χ0n) is 16.9. The van der Waals surface area contributed by atoms with Crippen molar-refractivity contribution in [3.63, 3.8) is 0 Å². The number of piperidine rings is 1. The number of carbonyl (C=O) groups is 1. The first-order valence-electron chi connectivity index (χ1n) is 10.3. The second-order valence-electron chi connectivity index (χ2n) is 8.12. The summed E-state index contributed by atoms with van der Waals surface area (Å²) in [5.74, 6) is 1.10. The van der Waals surface area contributed by atoms with Gasteiger partial charge in [-0.25, -0.2) is 0 Å². The highest BCUT2D eigenvalue weighted by Gasteiger charge is 2.22. The molecule has 0 saturated carbocycles. The molecule has 1 heterocycles. The highest BCUT2D eigenvalue weighted by molar-refractivity contribution is 6.30. The Bertz CT molecular complexity index is 737. The van der Waals surface area contributed by atoms with E-state index < -0.39 is 0 Å². The Morgan fingerprint density at radius 3 is 2.32 bits per heavy atom. The van der Waals surface area contributed by atoms with E-state index in [1.165, 1.54) is 18.4 Å². The summed E-state index contributed by atoms with van der Waals surface area (Å²) >= 11 is 5.99. The van der Waals surface area contributed by atoms with E-state index in [2.05, 4.69) is 54.4 Å². The Balaban J connectivity index is 1.45. The lowest BCUT2D eigenvalue weighted by atomic mass is 9.89. The van der Waals surface area contributed by atoms with Crippen molar-refractivity contribution >= 4 is 17.5 Å². The first kappa shape index (κ1) is 20.9. The van der Waals surface area contributed by atoms with Crippen LogP contribution in [0.1, 0.15) is 56.2 Å². The van der Waals surface area contributed by atoms with Crippen LogP contribution < -0.4 is 5.32 Å². The van der Waals surface area contributed by atoms with Gasteiger partial charge in [-0.3, -0.25) is 4.79 Å². The molecule has 28 heavy (non-hydrogen) atoms. The van der Waals surface area contributed by atoms with E-state index in [0.717, 1.165) is 30.2 Å². The van der Waals surface area contributed by atoms with Gasteiger partial charge >= 0.3 is 0 Å². The summed E-state index contributed by atoms with van der Waals surface area (Å²) in [6.07, 6.45) is 2.89. The standard InChI is InChI=1S/C24H31ClN2O/c1-18(2)24(21-8-10-22(25)11-9-21)26-23(28)14-17-27-15-12-20(13-16-27)19-6-4-3-5-7-19/h3-11,18,20,24H,12-17H2,1-2H3,(H,26,28)/t24-/m1/s1. The molecule has 0 bridgehead atoms. The van der Waals surface area contributed by atoms with Crippen LogP contribution in [0.3, 0.4) is 0 Å². The number of likely N-dealkylation sites (tertiary alicyclic amines) is 1. The van der Waals surface area contributed by atoms with Gasteiger partial charge in [0.05, 0.1) is 6.04 Å². The first-order chi connectivity index (χ1) is 13.5. The van der Waals surface area contributed by atoms with Gasteiger partial charge in [-0.05, 0) is 61.0 Å². The van der Waals surface area contributed by atoms with Crippen molar-refractivity contribution in [1.29, 1.82) is 0 Å². The summed E-state index contributed by atoms with van der Waals surface area (Å²) in [6, 6.07) is 18.6. The van der Waals surface area contributed by atoms with Crippen LogP contribution >= 0.6 is 11.6 Å². The predicted molar refractivity (Wildman–Crippen MR) is 117 cm³/mol. The van der Waals surface area contributed by atoms with E-state index in [1.807, 2.05) is 24.3 Å². The number of nitrogens with one attached hydrogen (secondary N) is 1. The molecule has 0 radical (unpaired) electrons. The van der Waals surface area contributed by atoms with Crippen molar-refractivity contribution in [3.8, 4) is 0 Å². The molecule has 1 atom stereocenters. The quantitative estimate of drug-likeness (QED) is 0.675. The van der Waals surface area contributed by atoms with Crippen molar-refractivity contribution in [1.82, 2.24) is 10.2 Å². The van der Waals surface area contributed by atoms with Gasteiger partial charge < -0.3 is 10.2 Å². The summed E-state index contributed by atoms with van der Waals surface area (Å²) in [5.41, 5.74) is 2.55. The highest BCUT2D eigenvalue weighted by atomic mass is 35.5. The van der Waals surface area contributed by atoms with Crippen LogP contribution in [0.5, 0.6) is 0 Å². The van der Waals surface area contributed by atoms with E-state index in [0.29, 0.717) is 18.3 Å². The summed E-state index contributed by atoms with van der Waals surface area (Å²) in [6.45, 7) is 7.23. The summed E-state index contributed by atoms with van der Waals surface area (Å²) in [4.78, 5) is 15.0. The predicted octanol–water partition coefficient (Wildman–Crippen LogP) is 5.42. The third-order valence-corrected chi connectivity index (χ3v) is 5.98. The highest BCUT2D eigenvalue weighted by Crippen LogP contribution is 2.28. The maximum Gasteiger partial charge on any atom is 0.221 e. The maximum atomic E-state index is 12.6. The smallest absolute Gasteiger partial charge is 0.221 e. The summed E-state index contributed by atoms with van der Waals surface area (Å²) < 4.78 is 0. The largest absolute Gasteiger partial charge is 0.349 e. The minimum absolute atomic E-state index is 0.0218. The van der Waals surface area contributed by atoms with E-state index in [9.17, 15) is 4.79 Å². The van der Waals surface area contributed by atoms with Gasteiger partial charge in [0.1, 0.15) is 0 Å². The normalized spacial score (nSPS) is 16.9. The van der Waals surface area contributed by atoms with Crippen molar-refractivity contribution in [2.24, 2.45) is 5.92 Å². The second kappa shape index (κ2) is 10.1. The number of nitrogens with zero attached hydrogens (tertiary/aromatic N) is 1. The fraction of sp³-hybridized carbons (Fsp3) is 0.458. The molecule has 1 fully saturated rings. The number of amides is 1. The van der Waals surface area contributed by atoms with Gasteiger partial charge in [0.15, 0.2) is 0 Å². The molecule has 0 unspecified atom stereocenters. The van der Waals surface area contributed by atoms with Crippen molar-refractivity contribution in [2.75, 3.05) is 19.6 Å². The van der Waals surface area contributed by atoms with Crippen LogP contribution in [0.4, 0.5) is 0 Å². The molecular weight excluding hydrogens is 368 g/mol. The zero-order valence-corrected chi connectivity index (χ0v) is 17.7. The minimum Gasteiger partial charge on any atom is -0.349 e. The number of carbonyl (C=O) groups excluding carboxylic acids is 1. The number of rotatable bonds is 7. The van der Waals surface area contributed by atoms with E-state index in [1.54, 1.807) is 0 Å². The van der Waals surface area contributed by atoms with Crippen molar-refractivity contribution in [3.05, 3.63) is 70.7 Å². The Kier molecular flexibility index (Phi) is 7.52. The number of hydrogen-bond donors (Lipinski definition) is 1. The lowest BCUT2D eigenvalue weighted by molar-refractivity contribution is -0.122. The van der Waals surface area contributed by atoms with Crippen molar-refractivity contribution < 1.29 is 4.79 Å². The zero-order chi connectivity index (χ0) is 19.9. The minimum atomic E-state index is 0.0218. The van der Waals surface area contributed by atoms with Gasteiger partial charge in [-0.15, -0.1) is 0 Å². The lowest BCUT2D eigenvalue weighted by Gasteiger charge is -2.32. The molecule has 3 nitrogen and oxygen atoms in total. The Hall–Kier alpha value is -1.84. The molecule has 0 aliphatic carbocycles. The molecule has 3 rings (SSSR count). The molecule has 150 valence electrons. The molecule has 1 aliphatic rings. The summed E-state index contributed by atoms with van der Waals surface area (Å²) in [7, 11) is 0. The topological polar surface area (TPSA) is 32.3 Å². The van der Waals surface area contributed by atoms with Crippen LogP contribution in [0.25, 0.3) is 0 Å². The molecule has 1 aliphatic heterocycles. The monoisotopic (exact) mass is 398 g/mol. The molecule has 4 heteroatoms. The van der Waals surface area contributed by atoms with Gasteiger partial charge in [0, 0.05) is 18.0 Å². The first-order valence-corrected chi connectivity index (χ1v) is 10.7. The van der Waals surface area contributed by atoms with Gasteiger partial charge in [0.2, 0.25) is 5.91 Å². The number of benzene rings is 2. The Labute approximate surface area is 174 Å². The van der Waals surface area contributed by atoms with Gasteiger partial charge in [0.25, 0.3) is 0 Å². The fourth-order valence-corrected chi connectivity index (χ4v) is 4.15. The summed E-state index contributed by atoms with van der Waals surface area (Å²) in [5, 5.41) is 3.94. The lowest BCUT2D eigenvalue weighted by Crippen LogP contribution is -2.37. The van der Waals surface area contributed by atoms with E-state index in [4.69, 9.17) is 11.6 Å². The van der Waals surface area contributed by atoms with E-state index in [-0.39, 0.29) is 11.9 Å². The molecule has 0 aromatic heterocycles. The fourth-order valence-electron chi connectivity index (χ4n) is 4.03.